The number of amides is 1. The van der Waals surface area contributed by atoms with Crippen LogP contribution < -0.4 is 10.2 Å². The van der Waals surface area contributed by atoms with E-state index in [1.807, 2.05) is 6.07 Å². The molecule has 1 atom stereocenters. The first-order chi connectivity index (χ1) is 12.8. The van der Waals surface area contributed by atoms with E-state index in [4.69, 9.17) is 0 Å². The van der Waals surface area contributed by atoms with Gasteiger partial charge in [-0.3, -0.25) is 4.79 Å². The summed E-state index contributed by atoms with van der Waals surface area (Å²) in [6.07, 6.45) is 10.6. The minimum atomic E-state index is 0.362. The lowest BCUT2D eigenvalue weighted by Crippen LogP contribution is -2.37. The maximum atomic E-state index is 12.5. The van der Waals surface area contributed by atoms with E-state index >= 15 is 0 Å². The van der Waals surface area contributed by atoms with E-state index in [0.29, 0.717) is 18.2 Å². The Bertz CT molecular complexity index is 571. The van der Waals surface area contributed by atoms with Gasteiger partial charge in [-0.1, -0.05) is 12.8 Å². The molecule has 6 heteroatoms. The largest absolute Gasteiger partial charge is 0.370 e. The van der Waals surface area contributed by atoms with Crippen LogP contribution >= 0.6 is 0 Å². The number of carbonyl (C=O) groups is 1. The Hall–Kier alpha value is -1.85. The van der Waals surface area contributed by atoms with Crippen LogP contribution in [0.1, 0.15) is 58.3 Å². The van der Waals surface area contributed by atoms with E-state index < -0.39 is 0 Å². The highest BCUT2D eigenvalue weighted by atomic mass is 16.2. The third-order valence-corrected chi connectivity index (χ3v) is 5.58. The molecule has 6 nitrogen and oxygen atoms in total. The van der Waals surface area contributed by atoms with Crippen LogP contribution in [0.15, 0.2) is 12.4 Å². The number of hydrogen-bond donors (Lipinski definition) is 1. The summed E-state index contributed by atoms with van der Waals surface area (Å²) >= 11 is 0. The van der Waals surface area contributed by atoms with Gasteiger partial charge < -0.3 is 15.1 Å². The second kappa shape index (κ2) is 9.74. The van der Waals surface area contributed by atoms with Crippen LogP contribution in [0.25, 0.3) is 0 Å². The molecule has 2 saturated heterocycles. The normalized spacial score (nSPS) is 21.3. The Balaban J connectivity index is 1.50. The third-order valence-electron chi connectivity index (χ3n) is 5.58. The quantitative estimate of drug-likeness (QED) is 0.844. The molecule has 0 saturated carbocycles. The second-order valence-corrected chi connectivity index (χ2v) is 7.58. The Morgan fingerprint density at radius 1 is 1.15 bits per heavy atom. The number of rotatable bonds is 6. The SMILES string of the molecule is CCNc1cc(N2CCC[C@H](CCC(=O)N3CCCCCC3)C2)ncn1. The molecule has 2 fully saturated rings. The summed E-state index contributed by atoms with van der Waals surface area (Å²) in [7, 11) is 0. The molecule has 0 aromatic carbocycles. The van der Waals surface area contributed by atoms with Gasteiger partial charge >= 0.3 is 0 Å². The van der Waals surface area contributed by atoms with Crippen LogP contribution in [0, 0.1) is 5.92 Å². The zero-order chi connectivity index (χ0) is 18.2. The van der Waals surface area contributed by atoms with E-state index in [2.05, 4.69) is 32.0 Å². The molecule has 3 heterocycles. The molecule has 1 N–H and O–H groups in total. The van der Waals surface area contributed by atoms with Gasteiger partial charge in [0, 0.05) is 45.2 Å². The lowest BCUT2D eigenvalue weighted by atomic mass is 9.93. The molecular weight excluding hydrogens is 326 g/mol. The van der Waals surface area contributed by atoms with Gasteiger partial charge in [0.2, 0.25) is 5.91 Å². The van der Waals surface area contributed by atoms with Crippen LogP contribution in [0.4, 0.5) is 11.6 Å². The number of aromatic nitrogens is 2. The Morgan fingerprint density at radius 2 is 1.96 bits per heavy atom. The predicted octanol–water partition coefficient (Wildman–Crippen LogP) is 3.31. The number of nitrogens with zero attached hydrogens (tertiary/aromatic N) is 4. The molecular formula is C20H33N5O. The Morgan fingerprint density at radius 3 is 2.73 bits per heavy atom. The summed E-state index contributed by atoms with van der Waals surface area (Å²) in [6, 6.07) is 2.04. The van der Waals surface area contributed by atoms with Crippen molar-refractivity contribution in [1.29, 1.82) is 0 Å². The van der Waals surface area contributed by atoms with E-state index in [9.17, 15) is 4.79 Å². The van der Waals surface area contributed by atoms with Crippen molar-refractivity contribution in [3.8, 4) is 0 Å². The minimum absolute atomic E-state index is 0.362. The van der Waals surface area contributed by atoms with Gasteiger partial charge in [0.25, 0.3) is 0 Å². The van der Waals surface area contributed by atoms with Gasteiger partial charge in [0.1, 0.15) is 18.0 Å². The highest BCUT2D eigenvalue weighted by molar-refractivity contribution is 5.76. The highest BCUT2D eigenvalue weighted by Crippen LogP contribution is 2.26. The highest BCUT2D eigenvalue weighted by Gasteiger charge is 2.23. The van der Waals surface area contributed by atoms with Gasteiger partial charge in [0.05, 0.1) is 0 Å². The summed E-state index contributed by atoms with van der Waals surface area (Å²) in [5.41, 5.74) is 0. The topological polar surface area (TPSA) is 61.4 Å². The summed E-state index contributed by atoms with van der Waals surface area (Å²) in [6.45, 7) is 6.89. The lowest BCUT2D eigenvalue weighted by molar-refractivity contribution is -0.131. The van der Waals surface area contributed by atoms with Crippen LogP contribution in [0.3, 0.4) is 0 Å². The fourth-order valence-electron chi connectivity index (χ4n) is 4.11. The lowest BCUT2D eigenvalue weighted by Gasteiger charge is -2.34. The Kier molecular flexibility index (Phi) is 7.09. The van der Waals surface area contributed by atoms with Crippen molar-refractivity contribution >= 4 is 17.5 Å². The smallest absolute Gasteiger partial charge is 0.222 e. The van der Waals surface area contributed by atoms with Crippen LogP contribution in [-0.2, 0) is 4.79 Å². The molecule has 2 aliphatic heterocycles. The summed E-state index contributed by atoms with van der Waals surface area (Å²) in [5, 5.41) is 3.25. The monoisotopic (exact) mass is 359 g/mol. The number of carbonyl (C=O) groups excluding carboxylic acids is 1. The molecule has 1 aromatic heterocycles. The standard InChI is InChI=1S/C20H33N5O/c1-2-21-18-14-19(23-16-22-18)25-13-7-8-17(15-25)9-10-20(26)24-11-5-3-4-6-12-24/h14,16-17H,2-13,15H2,1H3,(H,21,22,23)/t17-/m1/s1. The second-order valence-electron chi connectivity index (χ2n) is 7.58. The number of likely N-dealkylation sites (tertiary alicyclic amines) is 1. The third kappa shape index (κ3) is 5.32. The average molecular weight is 360 g/mol. The van der Waals surface area contributed by atoms with Crippen molar-refractivity contribution in [2.75, 3.05) is 42.9 Å². The first kappa shape index (κ1) is 18.9. The van der Waals surface area contributed by atoms with Gasteiger partial charge in [0.15, 0.2) is 0 Å². The van der Waals surface area contributed by atoms with Gasteiger partial charge in [-0.05, 0) is 44.9 Å². The van der Waals surface area contributed by atoms with Crippen molar-refractivity contribution in [3.63, 3.8) is 0 Å². The molecule has 0 bridgehead atoms. The van der Waals surface area contributed by atoms with E-state index in [1.165, 1.54) is 38.5 Å². The predicted molar refractivity (Wildman–Crippen MR) is 105 cm³/mol. The molecule has 0 spiro atoms. The van der Waals surface area contributed by atoms with Crippen molar-refractivity contribution in [2.24, 2.45) is 5.92 Å². The molecule has 3 rings (SSSR count). The molecule has 26 heavy (non-hydrogen) atoms. The van der Waals surface area contributed by atoms with Crippen LogP contribution in [0.5, 0.6) is 0 Å². The van der Waals surface area contributed by atoms with Crippen molar-refractivity contribution in [1.82, 2.24) is 14.9 Å². The summed E-state index contributed by atoms with van der Waals surface area (Å²) < 4.78 is 0. The number of hydrogen-bond acceptors (Lipinski definition) is 5. The number of piperidine rings is 1. The van der Waals surface area contributed by atoms with Crippen molar-refractivity contribution in [3.05, 3.63) is 12.4 Å². The first-order valence-corrected chi connectivity index (χ1v) is 10.3. The van der Waals surface area contributed by atoms with Gasteiger partial charge in [-0.2, -0.15) is 0 Å². The molecule has 2 aliphatic rings. The zero-order valence-corrected chi connectivity index (χ0v) is 16.1. The van der Waals surface area contributed by atoms with Gasteiger partial charge in [-0.25, -0.2) is 9.97 Å². The average Bonchev–Trinajstić information content (AvgIpc) is 2.96. The number of anilines is 2. The van der Waals surface area contributed by atoms with E-state index in [-0.39, 0.29) is 0 Å². The fraction of sp³-hybridized carbons (Fsp3) is 0.750. The van der Waals surface area contributed by atoms with Crippen molar-refractivity contribution < 1.29 is 4.79 Å². The van der Waals surface area contributed by atoms with Crippen molar-refractivity contribution in [2.45, 2.75) is 58.3 Å². The van der Waals surface area contributed by atoms with Gasteiger partial charge in [-0.15, -0.1) is 0 Å². The first-order valence-electron chi connectivity index (χ1n) is 10.3. The molecule has 0 aliphatic carbocycles. The van der Waals surface area contributed by atoms with Crippen LogP contribution in [-0.4, -0.2) is 53.5 Å². The minimum Gasteiger partial charge on any atom is -0.370 e. The van der Waals surface area contributed by atoms with E-state index in [1.54, 1.807) is 6.33 Å². The molecule has 1 amide bonds. The number of nitrogens with one attached hydrogen (secondary N) is 1. The maximum Gasteiger partial charge on any atom is 0.222 e. The fourth-order valence-corrected chi connectivity index (χ4v) is 4.11. The molecule has 0 unspecified atom stereocenters. The zero-order valence-electron chi connectivity index (χ0n) is 16.1. The van der Waals surface area contributed by atoms with E-state index in [0.717, 1.165) is 50.8 Å². The molecule has 144 valence electrons. The molecule has 0 radical (unpaired) electrons. The summed E-state index contributed by atoms with van der Waals surface area (Å²) in [5.74, 6) is 2.83. The molecule has 1 aromatic rings. The van der Waals surface area contributed by atoms with Crippen LogP contribution in [0.2, 0.25) is 0 Å². The Labute approximate surface area is 157 Å². The maximum absolute atomic E-state index is 12.5. The summed E-state index contributed by atoms with van der Waals surface area (Å²) in [4.78, 5) is 25.7.